The molecule has 3 aliphatic heterocycles. The first-order valence-corrected chi connectivity index (χ1v) is 28.0. The Bertz CT molecular complexity index is 3220. The zero-order valence-corrected chi connectivity index (χ0v) is 44.8. The minimum atomic E-state index is -4.74. The molecule has 3 aromatic heterocycles. The van der Waals surface area contributed by atoms with Gasteiger partial charge < -0.3 is 29.8 Å². The molecule has 20 heteroatoms. The maximum absolute atomic E-state index is 14.9. The van der Waals surface area contributed by atoms with Gasteiger partial charge in [-0.2, -0.15) is 4.98 Å². The van der Waals surface area contributed by atoms with Crippen molar-refractivity contribution in [1.29, 1.82) is 0 Å². The van der Waals surface area contributed by atoms with Gasteiger partial charge in [0.1, 0.15) is 22.1 Å². The first kappa shape index (κ1) is 53.0. The number of aromatic amines is 1. The molecule has 1 amide bonds. The fourth-order valence-electron chi connectivity index (χ4n) is 11.9. The molecule has 4 fully saturated rings. The van der Waals surface area contributed by atoms with Crippen molar-refractivity contribution < 1.29 is 37.1 Å². The number of hydrogen-bond donors (Lipinski definition) is 4. The number of amides is 1. The zero-order valence-electron chi connectivity index (χ0n) is 43.2. The minimum Gasteiger partial charge on any atom is -0.478 e. The van der Waals surface area contributed by atoms with Crippen molar-refractivity contribution in [2.45, 2.75) is 101 Å². The summed E-state index contributed by atoms with van der Waals surface area (Å²) in [5.74, 6) is -1.01. The summed E-state index contributed by atoms with van der Waals surface area (Å²) >= 11 is 6.23. The van der Waals surface area contributed by atoms with Gasteiger partial charge in [0.25, 0.3) is 21.8 Å². The van der Waals surface area contributed by atoms with Crippen LogP contribution in [-0.4, -0.2) is 114 Å². The lowest BCUT2D eigenvalue weighted by Crippen LogP contribution is -2.65. The van der Waals surface area contributed by atoms with E-state index in [0.717, 1.165) is 94.2 Å². The summed E-state index contributed by atoms with van der Waals surface area (Å²) in [7, 11) is -3.37. The number of aliphatic hydroxyl groups is 1. The van der Waals surface area contributed by atoms with Crippen LogP contribution in [0.25, 0.3) is 11.0 Å². The van der Waals surface area contributed by atoms with E-state index in [4.69, 9.17) is 21.1 Å². The molecule has 2 unspecified atom stereocenters. The minimum absolute atomic E-state index is 0.0159. The number of fused-ring (bicyclic) bond motifs is 1. The van der Waals surface area contributed by atoms with E-state index in [1.807, 2.05) is 12.1 Å². The van der Waals surface area contributed by atoms with Crippen molar-refractivity contribution in [3.05, 3.63) is 134 Å². The topological polar surface area (TPSA) is 208 Å². The van der Waals surface area contributed by atoms with Crippen LogP contribution in [-0.2, 0) is 16.6 Å². The number of piperidine rings is 2. The predicted octanol–water partition coefficient (Wildman–Crippen LogP) is 10.0. The molecular formula is C56H65ClFN9O8S. The van der Waals surface area contributed by atoms with E-state index in [9.17, 15) is 32.8 Å². The average molecular weight is 1080 g/mol. The molecule has 3 aromatic carbocycles. The maximum Gasteiger partial charge on any atom is 0.312 e. The molecule has 17 nitrogen and oxygen atoms in total. The number of benzene rings is 3. The van der Waals surface area contributed by atoms with Crippen molar-refractivity contribution in [2.75, 3.05) is 63.1 Å². The number of pyridine rings is 2. The first-order chi connectivity index (χ1) is 36.4. The van der Waals surface area contributed by atoms with Gasteiger partial charge in [-0.1, -0.05) is 61.8 Å². The van der Waals surface area contributed by atoms with Crippen molar-refractivity contribution in [2.24, 2.45) is 11.3 Å². The highest BCUT2D eigenvalue weighted by Crippen LogP contribution is 2.47. The largest absolute Gasteiger partial charge is 0.478 e. The van der Waals surface area contributed by atoms with Crippen LogP contribution >= 0.6 is 11.6 Å². The molecule has 10 rings (SSSR count). The van der Waals surface area contributed by atoms with Crippen LogP contribution in [0.3, 0.4) is 0 Å². The van der Waals surface area contributed by atoms with Gasteiger partial charge in [0.05, 0.1) is 34.8 Å². The number of rotatable bonds is 16. The van der Waals surface area contributed by atoms with E-state index in [1.165, 1.54) is 35.9 Å². The van der Waals surface area contributed by atoms with Crippen LogP contribution in [0.5, 0.6) is 17.4 Å². The second kappa shape index (κ2) is 21.6. The Morgan fingerprint density at radius 3 is 2.45 bits per heavy atom. The fourth-order valence-corrected chi connectivity index (χ4v) is 12.9. The van der Waals surface area contributed by atoms with Gasteiger partial charge in [0.2, 0.25) is 5.82 Å². The molecule has 4 aliphatic rings. The number of carbonyl (C=O) groups is 1. The third-order valence-electron chi connectivity index (χ3n) is 16.2. The summed E-state index contributed by atoms with van der Waals surface area (Å²) < 4.78 is 56.6. The molecule has 1 aliphatic carbocycles. The van der Waals surface area contributed by atoms with E-state index in [-0.39, 0.29) is 51.1 Å². The number of hydrogen-bond acceptors (Lipinski definition) is 14. The van der Waals surface area contributed by atoms with E-state index < -0.39 is 42.9 Å². The Balaban J connectivity index is 0.858. The monoisotopic (exact) mass is 1080 g/mol. The van der Waals surface area contributed by atoms with Crippen LogP contribution in [0.2, 0.25) is 5.02 Å². The molecule has 6 heterocycles. The van der Waals surface area contributed by atoms with Gasteiger partial charge in [-0.15, -0.1) is 0 Å². The van der Waals surface area contributed by atoms with Crippen LogP contribution in [0, 0.1) is 27.3 Å². The van der Waals surface area contributed by atoms with E-state index in [0.29, 0.717) is 50.1 Å². The number of carbonyl (C=O) groups excluding carboxylic acids is 1. The van der Waals surface area contributed by atoms with E-state index in [2.05, 4.69) is 89.9 Å². The predicted molar refractivity (Wildman–Crippen MR) is 290 cm³/mol. The number of likely N-dealkylation sites (tertiary alicyclic amines) is 2. The normalized spacial score (nSPS) is 22.1. The first-order valence-electron chi connectivity index (χ1n) is 26.1. The summed E-state index contributed by atoms with van der Waals surface area (Å²) in [4.78, 5) is 43.8. The second-order valence-electron chi connectivity index (χ2n) is 21.9. The average Bonchev–Trinajstić information content (AvgIpc) is 3.78. The number of anilines is 2. The maximum atomic E-state index is 14.9. The van der Waals surface area contributed by atoms with Crippen LogP contribution in [0.4, 0.5) is 21.6 Å². The number of H-pyrrole nitrogens is 1. The smallest absolute Gasteiger partial charge is 0.312 e. The summed E-state index contributed by atoms with van der Waals surface area (Å²) in [5.41, 5.74) is 3.64. The molecule has 1 spiro atoms. The van der Waals surface area contributed by atoms with Crippen LogP contribution in [0.1, 0.15) is 105 Å². The van der Waals surface area contributed by atoms with Gasteiger partial charge in [-0.3, -0.25) is 24.7 Å². The molecule has 76 heavy (non-hydrogen) atoms. The molecule has 402 valence electrons. The van der Waals surface area contributed by atoms with Gasteiger partial charge in [-0.05, 0) is 110 Å². The Morgan fingerprint density at radius 2 is 1.74 bits per heavy atom. The Kier molecular flexibility index (Phi) is 15.0. The number of aromatic nitrogens is 3. The lowest BCUT2D eigenvalue weighted by atomic mass is 9.69. The Hall–Kier alpha value is -6.38. The number of nitro groups is 1. The lowest BCUT2D eigenvalue weighted by molar-refractivity contribution is -0.384. The van der Waals surface area contributed by atoms with Crippen molar-refractivity contribution >= 4 is 55.8 Å². The third-order valence-corrected chi connectivity index (χ3v) is 17.8. The number of nitrogens with zero attached hydrogens (tertiary/aromatic N) is 6. The van der Waals surface area contributed by atoms with E-state index >= 15 is 0 Å². The highest BCUT2D eigenvalue weighted by atomic mass is 35.5. The zero-order chi connectivity index (χ0) is 53.5. The van der Waals surface area contributed by atoms with Crippen molar-refractivity contribution in [3.63, 3.8) is 0 Å². The fraction of sp³-hybridized carbons (Fsp3) is 0.446. The second-order valence-corrected chi connectivity index (χ2v) is 24.0. The Morgan fingerprint density at radius 1 is 1.00 bits per heavy atom. The molecule has 2 atom stereocenters. The summed E-state index contributed by atoms with van der Waals surface area (Å²) in [5, 5.41) is 26.4. The number of methoxy groups -OCH3 is 1. The molecular weight excluding hydrogens is 1010 g/mol. The molecule has 6 aromatic rings. The standard InChI is InChI=1S/C56H65ClFN9O8S/c1-35(2)41-7-5-6-8-42(41)45-32-64(31-37-9-11-38(57)12-10-37)22-17-47(45)66-33-56(34-66)20-23-65(24-21-56)39-13-14-43(49(25-39)75-50-27-44-46(58)30-61-51(44)62-54(50)74-4)53(68)63-76(72,73)40-26-48(67(70)71)52(60-29-40)59-28-36-15-18-55(3,69)19-16-36/h5-14,25-27,29-30,35-36,45,47,69H,15-24,28,31-34H2,1-4H3,(H,59,60)(H,61,62)(H,63,68). The van der Waals surface area contributed by atoms with Gasteiger partial charge in [0.15, 0.2) is 5.75 Å². The number of ether oxygens (including phenoxy) is 2. The SMILES string of the molecule is COc1nc2[nH]cc(F)c2cc1Oc1cc(N2CCC3(CC2)CN(C2CCN(Cc4ccc(Cl)cc4)CC2c2ccccc2C(C)C)C3)ccc1C(=O)NS(=O)(=O)c1cnc(NCC2CCC(C)(O)CC2)c([N+](=O)[O-])c1. The van der Waals surface area contributed by atoms with Gasteiger partial charge in [-0.25, -0.2) is 22.5 Å². The van der Waals surface area contributed by atoms with Crippen molar-refractivity contribution in [3.8, 4) is 17.4 Å². The van der Waals surface area contributed by atoms with E-state index in [1.54, 1.807) is 19.1 Å². The molecule has 0 bridgehead atoms. The third kappa shape index (κ3) is 11.3. The molecule has 0 radical (unpaired) electrons. The van der Waals surface area contributed by atoms with Crippen LogP contribution in [0.15, 0.2) is 96.2 Å². The highest BCUT2D eigenvalue weighted by molar-refractivity contribution is 7.90. The number of halogens is 2. The molecule has 1 saturated carbocycles. The highest BCUT2D eigenvalue weighted by Gasteiger charge is 2.49. The summed E-state index contributed by atoms with van der Waals surface area (Å²) in [6.45, 7) is 13.0. The summed E-state index contributed by atoms with van der Waals surface area (Å²) in [6.07, 6.45) is 7.64. The van der Waals surface area contributed by atoms with Crippen molar-refractivity contribution in [1.82, 2.24) is 29.5 Å². The summed E-state index contributed by atoms with van der Waals surface area (Å²) in [6, 6.07) is 24.6. The van der Waals surface area contributed by atoms with Gasteiger partial charge in [0, 0.05) is 99.4 Å². The lowest BCUT2D eigenvalue weighted by Gasteiger charge is -2.59. The number of nitrogens with one attached hydrogen (secondary N) is 3. The quantitative estimate of drug-likeness (QED) is 0.0526. The number of sulfonamides is 1. The molecule has 4 N–H and O–H groups in total. The van der Waals surface area contributed by atoms with Gasteiger partial charge >= 0.3 is 5.69 Å². The Labute approximate surface area is 447 Å². The molecule has 3 saturated heterocycles. The van der Waals surface area contributed by atoms with Crippen LogP contribution < -0.4 is 24.4 Å².